The maximum Gasteiger partial charge on any atom is 0.315 e. The van der Waals surface area contributed by atoms with Crippen molar-refractivity contribution in [2.75, 3.05) is 0 Å². The summed E-state index contributed by atoms with van der Waals surface area (Å²) in [5.41, 5.74) is 0. The number of carbonyl (C=O) groups is 3. The molecule has 4 nitrogen and oxygen atoms in total. The van der Waals surface area contributed by atoms with Crippen molar-refractivity contribution in [1.29, 1.82) is 0 Å². The molecule has 0 bridgehead atoms. The summed E-state index contributed by atoms with van der Waals surface area (Å²) >= 11 is 10.5. The fraction of sp³-hybridized carbons (Fsp3) is 0.700. The first-order valence-electron chi connectivity index (χ1n) is 5.01. The predicted octanol–water partition coefficient (Wildman–Crippen LogP) is 2.41. The molecule has 2 unspecified atom stereocenters. The van der Waals surface area contributed by atoms with E-state index < -0.39 is 22.4 Å². The van der Waals surface area contributed by atoms with E-state index in [0.717, 1.165) is 0 Å². The lowest BCUT2D eigenvalue weighted by molar-refractivity contribution is -0.144. The molecule has 0 rings (SSSR count). The lowest BCUT2D eigenvalue weighted by atomic mass is 9.96. The maximum atomic E-state index is 10.9. The number of aliphatic carboxylic acids is 1. The summed E-state index contributed by atoms with van der Waals surface area (Å²) in [4.78, 5) is 32.3. The molecule has 0 aliphatic carbocycles. The number of halogens is 2. The molecule has 0 fully saturated rings. The number of carboxylic acids is 1. The minimum Gasteiger partial charge on any atom is -0.481 e. The zero-order valence-electron chi connectivity index (χ0n) is 8.91. The highest BCUT2D eigenvalue weighted by Gasteiger charge is 2.24. The zero-order valence-corrected chi connectivity index (χ0v) is 10.4. The van der Waals surface area contributed by atoms with Gasteiger partial charge in [0, 0.05) is 5.92 Å². The molecule has 0 aliphatic heterocycles. The summed E-state index contributed by atoms with van der Waals surface area (Å²) in [5, 5.41) is 7.38. The van der Waals surface area contributed by atoms with Crippen LogP contribution in [-0.4, -0.2) is 21.6 Å². The van der Waals surface area contributed by atoms with E-state index >= 15 is 0 Å². The quantitative estimate of drug-likeness (QED) is 0.542. The van der Waals surface area contributed by atoms with Crippen molar-refractivity contribution in [3.8, 4) is 0 Å². The summed E-state index contributed by atoms with van der Waals surface area (Å²) in [5.74, 6) is -2.70. The summed E-state index contributed by atoms with van der Waals surface area (Å²) in [6, 6.07) is 0. The minimum absolute atomic E-state index is 0.137. The highest BCUT2D eigenvalue weighted by molar-refractivity contribution is 6.65. The predicted molar refractivity (Wildman–Crippen MR) is 60.5 cm³/mol. The molecule has 0 heterocycles. The van der Waals surface area contributed by atoms with Crippen molar-refractivity contribution in [3.05, 3.63) is 0 Å². The Balaban J connectivity index is 4.08. The summed E-state index contributed by atoms with van der Waals surface area (Å²) in [7, 11) is 0. The summed E-state index contributed by atoms with van der Waals surface area (Å²) < 4.78 is 0. The molecular formula is C10H14Cl2O4. The molecule has 2 atom stereocenters. The van der Waals surface area contributed by atoms with Crippen LogP contribution in [0, 0.1) is 11.8 Å². The van der Waals surface area contributed by atoms with E-state index in [1.54, 1.807) is 0 Å². The van der Waals surface area contributed by atoms with Gasteiger partial charge in [-0.2, -0.15) is 0 Å². The van der Waals surface area contributed by atoms with Crippen molar-refractivity contribution in [2.24, 2.45) is 11.8 Å². The first-order chi connectivity index (χ1) is 7.40. The van der Waals surface area contributed by atoms with Crippen molar-refractivity contribution in [3.63, 3.8) is 0 Å². The van der Waals surface area contributed by atoms with Crippen LogP contribution in [0.4, 0.5) is 0 Å². The van der Waals surface area contributed by atoms with E-state index in [-0.39, 0.29) is 12.3 Å². The van der Waals surface area contributed by atoms with Gasteiger partial charge in [-0.3, -0.25) is 14.4 Å². The lowest BCUT2D eigenvalue weighted by Crippen LogP contribution is -2.20. The van der Waals surface area contributed by atoms with E-state index in [2.05, 4.69) is 0 Å². The minimum atomic E-state index is -1.23. The summed E-state index contributed by atoms with van der Waals surface area (Å²) in [6.07, 6.45) is 1.66. The molecule has 0 aromatic rings. The standard InChI is InChI=1S/C10H14Cl2O4/c1-2-6(8(11)13)4-3-5-7(9(12)14)10(15)16/h6-7H,2-5H2,1H3,(H,15,16). The topological polar surface area (TPSA) is 71.4 Å². The van der Waals surface area contributed by atoms with E-state index in [4.69, 9.17) is 28.3 Å². The number of carboxylic acid groups (broad SMARTS) is 1. The van der Waals surface area contributed by atoms with Crippen LogP contribution in [0.1, 0.15) is 32.6 Å². The molecule has 0 radical (unpaired) electrons. The molecule has 0 amide bonds. The molecule has 0 spiro atoms. The van der Waals surface area contributed by atoms with Gasteiger partial charge in [0.25, 0.3) is 0 Å². The number of hydrogen-bond donors (Lipinski definition) is 1. The Bertz CT molecular complexity index is 264. The molecule has 0 saturated heterocycles. The van der Waals surface area contributed by atoms with Gasteiger partial charge < -0.3 is 5.11 Å². The molecule has 1 N–H and O–H groups in total. The average molecular weight is 269 g/mol. The van der Waals surface area contributed by atoms with Crippen molar-refractivity contribution in [2.45, 2.75) is 32.6 Å². The van der Waals surface area contributed by atoms with Gasteiger partial charge in [0.1, 0.15) is 5.92 Å². The first-order valence-corrected chi connectivity index (χ1v) is 5.77. The van der Waals surface area contributed by atoms with Gasteiger partial charge in [0.05, 0.1) is 0 Å². The van der Waals surface area contributed by atoms with Gasteiger partial charge in [-0.1, -0.05) is 13.3 Å². The van der Waals surface area contributed by atoms with E-state index in [0.29, 0.717) is 19.3 Å². The second-order valence-electron chi connectivity index (χ2n) is 3.54. The Hall–Kier alpha value is -0.610. The van der Waals surface area contributed by atoms with Crippen LogP contribution >= 0.6 is 23.2 Å². The third kappa shape index (κ3) is 5.47. The largest absolute Gasteiger partial charge is 0.481 e. The van der Waals surface area contributed by atoms with E-state index in [1.165, 1.54) is 0 Å². The molecular weight excluding hydrogens is 255 g/mol. The van der Waals surface area contributed by atoms with Gasteiger partial charge >= 0.3 is 5.97 Å². The number of rotatable bonds is 8. The normalized spacial score (nSPS) is 14.2. The fourth-order valence-corrected chi connectivity index (χ4v) is 1.85. The van der Waals surface area contributed by atoms with Crippen molar-refractivity contribution >= 4 is 39.7 Å². The molecule has 0 aliphatic rings. The average Bonchev–Trinajstić information content (AvgIpc) is 2.15. The molecule has 0 aromatic carbocycles. The smallest absolute Gasteiger partial charge is 0.315 e. The van der Waals surface area contributed by atoms with Crippen LogP contribution in [0.5, 0.6) is 0 Å². The second-order valence-corrected chi connectivity index (χ2v) is 4.28. The number of hydrogen-bond acceptors (Lipinski definition) is 3. The third-order valence-electron chi connectivity index (χ3n) is 2.43. The van der Waals surface area contributed by atoms with Crippen LogP contribution in [0.3, 0.4) is 0 Å². The lowest BCUT2D eigenvalue weighted by Gasteiger charge is -2.11. The Morgan fingerprint density at radius 2 is 1.69 bits per heavy atom. The Kier molecular flexibility index (Phi) is 7.34. The Morgan fingerprint density at radius 1 is 1.12 bits per heavy atom. The zero-order chi connectivity index (χ0) is 12.7. The molecule has 16 heavy (non-hydrogen) atoms. The van der Waals surface area contributed by atoms with Crippen LogP contribution in [0.2, 0.25) is 0 Å². The monoisotopic (exact) mass is 268 g/mol. The van der Waals surface area contributed by atoms with Crippen molar-refractivity contribution < 1.29 is 19.5 Å². The fourth-order valence-electron chi connectivity index (χ4n) is 1.38. The highest BCUT2D eigenvalue weighted by atomic mass is 35.5. The van der Waals surface area contributed by atoms with Gasteiger partial charge in [0.15, 0.2) is 0 Å². The van der Waals surface area contributed by atoms with Crippen LogP contribution in [0.25, 0.3) is 0 Å². The van der Waals surface area contributed by atoms with Gasteiger partial charge in [-0.15, -0.1) is 0 Å². The second kappa shape index (κ2) is 7.63. The first kappa shape index (κ1) is 15.4. The van der Waals surface area contributed by atoms with Gasteiger partial charge in [-0.05, 0) is 42.5 Å². The molecule has 92 valence electrons. The summed E-state index contributed by atoms with van der Waals surface area (Å²) in [6.45, 7) is 1.83. The van der Waals surface area contributed by atoms with Crippen LogP contribution in [0.15, 0.2) is 0 Å². The Labute approximate surface area is 104 Å². The third-order valence-corrected chi connectivity index (χ3v) is 3.00. The van der Waals surface area contributed by atoms with E-state index in [9.17, 15) is 14.4 Å². The molecule has 0 aromatic heterocycles. The Morgan fingerprint density at radius 3 is 2.00 bits per heavy atom. The van der Waals surface area contributed by atoms with Gasteiger partial charge in [-0.25, -0.2) is 0 Å². The van der Waals surface area contributed by atoms with Gasteiger partial charge in [0.2, 0.25) is 10.5 Å². The van der Waals surface area contributed by atoms with E-state index in [1.807, 2.05) is 6.92 Å². The molecule has 6 heteroatoms. The molecule has 0 saturated carbocycles. The number of carbonyl (C=O) groups excluding carboxylic acids is 2. The maximum absolute atomic E-state index is 10.9. The van der Waals surface area contributed by atoms with Crippen LogP contribution in [-0.2, 0) is 14.4 Å². The van der Waals surface area contributed by atoms with Crippen molar-refractivity contribution in [1.82, 2.24) is 0 Å². The van der Waals surface area contributed by atoms with Crippen LogP contribution < -0.4 is 0 Å². The highest BCUT2D eigenvalue weighted by Crippen LogP contribution is 2.19. The SMILES string of the molecule is CCC(CCCC(C(=O)O)C(=O)Cl)C(=O)Cl.